The maximum Gasteiger partial charge on any atom is 0.257 e. The van der Waals surface area contributed by atoms with Gasteiger partial charge in [-0.25, -0.2) is 0 Å². The average molecular weight is 351 g/mol. The molecule has 0 atom stereocenters. The van der Waals surface area contributed by atoms with Crippen molar-refractivity contribution in [2.24, 2.45) is 0 Å². The minimum absolute atomic E-state index is 0.0706. The molecule has 4 rings (SSSR count). The summed E-state index contributed by atoms with van der Waals surface area (Å²) in [5.74, 6) is -0.487. The molecule has 1 fully saturated rings. The van der Waals surface area contributed by atoms with Crippen LogP contribution >= 0.6 is 0 Å². The largest absolute Gasteiger partial charge is 0.507 e. The second-order valence-corrected chi connectivity index (χ2v) is 6.70. The lowest BCUT2D eigenvalue weighted by Gasteiger charge is -2.32. The number of aromatic hydroxyl groups is 2. The zero-order valence-corrected chi connectivity index (χ0v) is 14.6. The van der Waals surface area contributed by atoms with Crippen molar-refractivity contribution in [3.05, 3.63) is 54.2 Å². The van der Waals surface area contributed by atoms with E-state index in [4.69, 9.17) is 0 Å². The molecule has 6 heteroatoms. The Morgan fingerprint density at radius 2 is 1.69 bits per heavy atom. The van der Waals surface area contributed by atoms with E-state index in [0.29, 0.717) is 18.8 Å². The molecule has 134 valence electrons. The standard InChI is InChI=1S/C20H21N3O3/c1-21-8-10-22(11-9-21)20(26)15-12-17(19(25)13-18(15)24)23-7-6-14-4-2-3-5-16(14)23/h2-7,12-13,24-25H,8-11H2,1H3. The van der Waals surface area contributed by atoms with Gasteiger partial charge in [0.05, 0.1) is 16.8 Å². The van der Waals surface area contributed by atoms with Crippen LogP contribution in [-0.4, -0.2) is 63.7 Å². The second kappa shape index (κ2) is 6.38. The first-order valence-corrected chi connectivity index (χ1v) is 8.65. The number of nitrogens with zero attached hydrogens (tertiary/aromatic N) is 3. The summed E-state index contributed by atoms with van der Waals surface area (Å²) in [6.45, 7) is 2.86. The molecule has 0 bridgehead atoms. The molecular formula is C20H21N3O3. The van der Waals surface area contributed by atoms with Crippen molar-refractivity contribution in [1.29, 1.82) is 0 Å². The SMILES string of the molecule is CN1CCN(C(=O)c2cc(-n3ccc4ccccc43)c(O)cc2O)CC1. The normalized spacial score (nSPS) is 15.5. The summed E-state index contributed by atoms with van der Waals surface area (Å²) < 4.78 is 1.82. The highest BCUT2D eigenvalue weighted by Gasteiger charge is 2.24. The lowest BCUT2D eigenvalue weighted by atomic mass is 10.1. The summed E-state index contributed by atoms with van der Waals surface area (Å²) >= 11 is 0. The lowest BCUT2D eigenvalue weighted by Crippen LogP contribution is -2.47. The van der Waals surface area contributed by atoms with E-state index in [0.717, 1.165) is 24.0 Å². The van der Waals surface area contributed by atoms with E-state index in [-0.39, 0.29) is 23.0 Å². The highest BCUT2D eigenvalue weighted by Crippen LogP contribution is 2.33. The van der Waals surface area contributed by atoms with E-state index in [1.54, 1.807) is 11.0 Å². The van der Waals surface area contributed by atoms with Gasteiger partial charge >= 0.3 is 0 Å². The van der Waals surface area contributed by atoms with Crippen molar-refractivity contribution in [1.82, 2.24) is 14.4 Å². The van der Waals surface area contributed by atoms with Crippen molar-refractivity contribution in [2.75, 3.05) is 33.2 Å². The van der Waals surface area contributed by atoms with Gasteiger partial charge in [0.15, 0.2) is 0 Å². The summed E-state index contributed by atoms with van der Waals surface area (Å²) in [4.78, 5) is 16.8. The average Bonchev–Trinajstić information content (AvgIpc) is 3.06. The minimum atomic E-state index is -0.215. The van der Waals surface area contributed by atoms with Crippen LogP contribution in [0.5, 0.6) is 11.5 Å². The van der Waals surface area contributed by atoms with Crippen LogP contribution in [0.15, 0.2) is 48.7 Å². The number of amides is 1. The number of benzene rings is 2. The van der Waals surface area contributed by atoms with Crippen molar-refractivity contribution in [3.8, 4) is 17.2 Å². The number of carbonyl (C=O) groups excluding carboxylic acids is 1. The Morgan fingerprint density at radius 1 is 0.962 bits per heavy atom. The third-order valence-electron chi connectivity index (χ3n) is 4.97. The fraction of sp³-hybridized carbons (Fsp3) is 0.250. The van der Waals surface area contributed by atoms with E-state index in [1.165, 1.54) is 6.07 Å². The number of carbonyl (C=O) groups is 1. The zero-order chi connectivity index (χ0) is 18.3. The number of likely N-dealkylation sites (N-methyl/N-ethyl adjacent to an activating group) is 1. The number of hydrogen-bond acceptors (Lipinski definition) is 4. The van der Waals surface area contributed by atoms with Crippen LogP contribution in [0, 0.1) is 0 Å². The van der Waals surface area contributed by atoms with Gasteiger partial charge in [-0.3, -0.25) is 4.79 Å². The van der Waals surface area contributed by atoms with Gasteiger partial charge in [-0.1, -0.05) is 18.2 Å². The van der Waals surface area contributed by atoms with Crippen LogP contribution in [0.1, 0.15) is 10.4 Å². The Morgan fingerprint density at radius 3 is 2.46 bits per heavy atom. The second-order valence-electron chi connectivity index (χ2n) is 6.70. The molecule has 1 saturated heterocycles. The first-order valence-electron chi connectivity index (χ1n) is 8.65. The van der Waals surface area contributed by atoms with E-state index >= 15 is 0 Å². The molecule has 1 aliphatic heterocycles. The van der Waals surface area contributed by atoms with Crippen LogP contribution < -0.4 is 0 Å². The highest BCUT2D eigenvalue weighted by molar-refractivity contribution is 5.98. The predicted molar refractivity (Wildman–Crippen MR) is 100 cm³/mol. The molecule has 0 spiro atoms. The monoisotopic (exact) mass is 351 g/mol. The Labute approximate surface area is 151 Å². The van der Waals surface area contributed by atoms with Gasteiger partial charge in [0.1, 0.15) is 11.5 Å². The van der Waals surface area contributed by atoms with Crippen molar-refractivity contribution in [3.63, 3.8) is 0 Å². The Hall–Kier alpha value is -2.99. The van der Waals surface area contributed by atoms with Gasteiger partial charge < -0.3 is 24.6 Å². The quantitative estimate of drug-likeness (QED) is 0.744. The minimum Gasteiger partial charge on any atom is -0.507 e. The van der Waals surface area contributed by atoms with Gasteiger partial charge in [-0.2, -0.15) is 0 Å². The molecule has 2 heterocycles. The Kier molecular flexibility index (Phi) is 4.05. The first kappa shape index (κ1) is 16.5. The van der Waals surface area contributed by atoms with Crippen LogP contribution in [0.3, 0.4) is 0 Å². The van der Waals surface area contributed by atoms with Crippen molar-refractivity contribution in [2.45, 2.75) is 0 Å². The lowest BCUT2D eigenvalue weighted by molar-refractivity contribution is 0.0661. The topological polar surface area (TPSA) is 68.9 Å². The van der Waals surface area contributed by atoms with E-state index in [9.17, 15) is 15.0 Å². The number of phenols is 2. The molecule has 3 aromatic rings. The van der Waals surface area contributed by atoms with Gasteiger partial charge in [0.25, 0.3) is 5.91 Å². The van der Waals surface area contributed by atoms with Gasteiger partial charge in [-0.15, -0.1) is 0 Å². The summed E-state index contributed by atoms with van der Waals surface area (Å²) in [6.07, 6.45) is 1.85. The fourth-order valence-corrected chi connectivity index (χ4v) is 3.40. The summed E-state index contributed by atoms with van der Waals surface area (Å²) in [7, 11) is 2.02. The van der Waals surface area contributed by atoms with Crippen LogP contribution in [0.25, 0.3) is 16.6 Å². The van der Waals surface area contributed by atoms with E-state index in [1.807, 2.05) is 48.1 Å². The third kappa shape index (κ3) is 2.78. The van der Waals surface area contributed by atoms with Crippen molar-refractivity contribution < 1.29 is 15.0 Å². The van der Waals surface area contributed by atoms with E-state index in [2.05, 4.69) is 4.90 Å². The maximum atomic E-state index is 12.9. The molecule has 1 amide bonds. The fourth-order valence-electron chi connectivity index (χ4n) is 3.40. The maximum absolute atomic E-state index is 12.9. The highest BCUT2D eigenvalue weighted by atomic mass is 16.3. The molecule has 0 aliphatic carbocycles. The molecule has 1 aromatic heterocycles. The van der Waals surface area contributed by atoms with Gasteiger partial charge in [0.2, 0.25) is 0 Å². The predicted octanol–water partition coefficient (Wildman–Crippen LogP) is 2.43. The number of phenolic OH excluding ortho intramolecular Hbond substituents is 2. The molecular weight excluding hydrogens is 330 g/mol. The molecule has 0 unspecified atom stereocenters. The number of hydrogen-bond donors (Lipinski definition) is 2. The van der Waals surface area contributed by atoms with Crippen LogP contribution in [0.4, 0.5) is 0 Å². The summed E-state index contributed by atoms with van der Waals surface area (Å²) in [5.41, 5.74) is 1.60. The summed E-state index contributed by atoms with van der Waals surface area (Å²) in [6, 6.07) is 12.6. The molecule has 6 nitrogen and oxygen atoms in total. The molecule has 0 saturated carbocycles. The molecule has 2 N–H and O–H groups in total. The number of para-hydroxylation sites is 1. The molecule has 1 aliphatic rings. The third-order valence-corrected chi connectivity index (χ3v) is 4.97. The van der Waals surface area contributed by atoms with Crippen LogP contribution in [0.2, 0.25) is 0 Å². The number of rotatable bonds is 2. The molecule has 26 heavy (non-hydrogen) atoms. The zero-order valence-electron chi connectivity index (χ0n) is 14.6. The Balaban J connectivity index is 1.76. The van der Waals surface area contributed by atoms with Gasteiger partial charge in [-0.05, 0) is 30.6 Å². The Bertz CT molecular complexity index is 972. The number of fused-ring (bicyclic) bond motifs is 1. The van der Waals surface area contributed by atoms with E-state index < -0.39 is 0 Å². The smallest absolute Gasteiger partial charge is 0.257 e. The number of aromatic nitrogens is 1. The van der Waals surface area contributed by atoms with Crippen LogP contribution in [-0.2, 0) is 0 Å². The molecule has 0 radical (unpaired) electrons. The van der Waals surface area contributed by atoms with Crippen molar-refractivity contribution >= 4 is 16.8 Å². The van der Waals surface area contributed by atoms with Gasteiger partial charge in [0, 0.05) is 38.4 Å². The number of piperazine rings is 1. The summed E-state index contributed by atoms with van der Waals surface area (Å²) in [5, 5.41) is 21.6. The molecule has 2 aromatic carbocycles. The first-order chi connectivity index (χ1) is 12.5.